The second-order valence-electron chi connectivity index (χ2n) is 5.30. The highest BCUT2D eigenvalue weighted by Gasteiger charge is 2.16. The molecule has 1 aromatic heterocycles. The van der Waals surface area contributed by atoms with Crippen molar-refractivity contribution in [1.82, 2.24) is 5.32 Å². The van der Waals surface area contributed by atoms with E-state index in [0.29, 0.717) is 27.1 Å². The Hall–Kier alpha value is -2.12. The average Bonchev–Trinajstić information content (AvgIpc) is 3.10. The zero-order chi connectivity index (χ0) is 19.6. The highest BCUT2D eigenvalue weighted by Crippen LogP contribution is 2.34. The highest BCUT2D eigenvalue weighted by molar-refractivity contribution is 7.80. The van der Waals surface area contributed by atoms with Crippen LogP contribution in [-0.2, 0) is 0 Å². The largest absolute Gasteiger partial charge is 0.451 e. The van der Waals surface area contributed by atoms with Gasteiger partial charge in [0.25, 0.3) is 5.91 Å². The first kappa shape index (κ1) is 19.6. The molecule has 2 aromatic carbocycles. The molecule has 0 aliphatic rings. The quantitative estimate of drug-likeness (QED) is 0.475. The standard InChI is InChI=1S/C18H10Cl3FN2O2S/c19-11-3-1-2-10(16(11)21)14-6-7-15(26-14)17(25)24-18(27)23-9-4-5-13(22)12(20)8-9/h1-8H,(H2,23,24,25,27). The molecule has 4 nitrogen and oxygen atoms in total. The maximum atomic E-state index is 13.2. The van der Waals surface area contributed by atoms with E-state index in [9.17, 15) is 9.18 Å². The monoisotopic (exact) mass is 442 g/mol. The Kier molecular flexibility index (Phi) is 6.01. The lowest BCUT2D eigenvalue weighted by Crippen LogP contribution is -2.33. The van der Waals surface area contributed by atoms with E-state index in [-0.39, 0.29) is 15.9 Å². The van der Waals surface area contributed by atoms with Crippen LogP contribution in [0.15, 0.2) is 52.9 Å². The fourth-order valence-corrected chi connectivity index (χ4v) is 2.98. The zero-order valence-electron chi connectivity index (χ0n) is 13.4. The second-order valence-corrected chi connectivity index (χ2v) is 6.90. The summed E-state index contributed by atoms with van der Waals surface area (Å²) in [5.74, 6) is -0.704. The third kappa shape index (κ3) is 4.59. The molecule has 3 aromatic rings. The molecule has 0 aliphatic carbocycles. The van der Waals surface area contributed by atoms with Crippen molar-refractivity contribution in [3.05, 3.63) is 75.2 Å². The maximum Gasteiger partial charge on any atom is 0.293 e. The second kappa shape index (κ2) is 8.27. The predicted octanol–water partition coefficient (Wildman–Crippen LogP) is 6.17. The normalized spacial score (nSPS) is 10.5. The van der Waals surface area contributed by atoms with E-state index in [1.54, 1.807) is 24.3 Å². The summed E-state index contributed by atoms with van der Waals surface area (Å²) in [7, 11) is 0. The molecule has 3 rings (SSSR count). The van der Waals surface area contributed by atoms with E-state index in [4.69, 9.17) is 51.4 Å². The van der Waals surface area contributed by atoms with E-state index in [1.807, 2.05) is 0 Å². The van der Waals surface area contributed by atoms with Crippen LogP contribution in [0.25, 0.3) is 11.3 Å². The van der Waals surface area contributed by atoms with Gasteiger partial charge in [0.15, 0.2) is 10.9 Å². The number of benzene rings is 2. The van der Waals surface area contributed by atoms with Gasteiger partial charge in [-0.05, 0) is 54.7 Å². The van der Waals surface area contributed by atoms with Gasteiger partial charge in [0.05, 0.1) is 15.1 Å². The van der Waals surface area contributed by atoms with Crippen LogP contribution < -0.4 is 10.6 Å². The van der Waals surface area contributed by atoms with Crippen molar-refractivity contribution >= 4 is 63.7 Å². The Balaban J connectivity index is 1.69. The number of carbonyl (C=O) groups excluding carboxylic acids is 1. The molecule has 0 aliphatic heterocycles. The van der Waals surface area contributed by atoms with Crippen LogP contribution >= 0.6 is 47.0 Å². The molecule has 0 spiro atoms. The molecule has 1 heterocycles. The van der Waals surface area contributed by atoms with Crippen molar-refractivity contribution in [2.75, 3.05) is 5.32 Å². The zero-order valence-corrected chi connectivity index (χ0v) is 16.4. The van der Waals surface area contributed by atoms with Gasteiger partial charge in [-0.15, -0.1) is 0 Å². The SMILES string of the molecule is O=C(NC(=S)Nc1ccc(F)c(Cl)c1)c1ccc(-c2cccc(Cl)c2Cl)o1. The molecule has 0 unspecified atom stereocenters. The third-order valence-corrected chi connectivity index (χ3v) is 4.76. The number of amides is 1. The molecule has 138 valence electrons. The third-order valence-electron chi connectivity index (χ3n) is 3.45. The summed E-state index contributed by atoms with van der Waals surface area (Å²) in [6.07, 6.45) is 0. The number of hydrogen-bond acceptors (Lipinski definition) is 3. The van der Waals surface area contributed by atoms with Gasteiger partial charge in [0.2, 0.25) is 0 Å². The summed E-state index contributed by atoms with van der Waals surface area (Å²) in [4.78, 5) is 12.3. The van der Waals surface area contributed by atoms with Crippen molar-refractivity contribution in [3.63, 3.8) is 0 Å². The van der Waals surface area contributed by atoms with Crippen LogP contribution in [0.3, 0.4) is 0 Å². The summed E-state index contributed by atoms with van der Waals surface area (Å²) in [6.45, 7) is 0. The van der Waals surface area contributed by atoms with Crippen LogP contribution in [-0.4, -0.2) is 11.0 Å². The minimum Gasteiger partial charge on any atom is -0.451 e. The predicted molar refractivity (Wildman–Crippen MR) is 109 cm³/mol. The molecule has 27 heavy (non-hydrogen) atoms. The number of hydrogen-bond donors (Lipinski definition) is 2. The minimum absolute atomic E-state index is 0.00131. The molecule has 0 radical (unpaired) electrons. The molecule has 0 bridgehead atoms. The van der Waals surface area contributed by atoms with Gasteiger partial charge in [-0.25, -0.2) is 4.39 Å². The molecule has 2 N–H and O–H groups in total. The Bertz CT molecular complexity index is 1040. The molecule has 0 atom stereocenters. The van der Waals surface area contributed by atoms with Crippen LogP contribution in [0.2, 0.25) is 15.1 Å². The van der Waals surface area contributed by atoms with E-state index in [2.05, 4.69) is 10.6 Å². The van der Waals surface area contributed by atoms with Crippen molar-refractivity contribution in [1.29, 1.82) is 0 Å². The number of carbonyl (C=O) groups is 1. The van der Waals surface area contributed by atoms with E-state index in [1.165, 1.54) is 24.3 Å². The minimum atomic E-state index is -0.565. The number of thiocarbonyl (C=S) groups is 1. The van der Waals surface area contributed by atoms with Gasteiger partial charge >= 0.3 is 0 Å². The fourth-order valence-electron chi connectivity index (χ4n) is 2.20. The van der Waals surface area contributed by atoms with Crippen LogP contribution in [0.4, 0.5) is 10.1 Å². The Morgan fingerprint density at radius 3 is 2.56 bits per heavy atom. The van der Waals surface area contributed by atoms with E-state index < -0.39 is 11.7 Å². The van der Waals surface area contributed by atoms with Crippen molar-refractivity contribution < 1.29 is 13.6 Å². The van der Waals surface area contributed by atoms with Crippen LogP contribution in [0, 0.1) is 5.82 Å². The van der Waals surface area contributed by atoms with Crippen molar-refractivity contribution in [3.8, 4) is 11.3 Å². The van der Waals surface area contributed by atoms with Crippen LogP contribution in [0.5, 0.6) is 0 Å². The Labute approximate surface area is 174 Å². The number of rotatable bonds is 3. The molecule has 0 saturated heterocycles. The summed E-state index contributed by atoms with van der Waals surface area (Å²) in [5.41, 5.74) is 0.988. The molecule has 0 fully saturated rings. The highest BCUT2D eigenvalue weighted by atomic mass is 35.5. The number of halogens is 4. The van der Waals surface area contributed by atoms with E-state index >= 15 is 0 Å². The van der Waals surface area contributed by atoms with Crippen molar-refractivity contribution in [2.24, 2.45) is 0 Å². The maximum absolute atomic E-state index is 13.2. The number of anilines is 1. The summed E-state index contributed by atoms with van der Waals surface area (Å²) in [6, 6.07) is 12.1. The Morgan fingerprint density at radius 2 is 1.81 bits per heavy atom. The van der Waals surface area contributed by atoms with Crippen molar-refractivity contribution in [2.45, 2.75) is 0 Å². The van der Waals surface area contributed by atoms with Gasteiger partial charge in [-0.1, -0.05) is 40.9 Å². The molecule has 1 amide bonds. The first-order chi connectivity index (χ1) is 12.8. The lowest BCUT2D eigenvalue weighted by molar-refractivity contribution is 0.0951. The van der Waals surface area contributed by atoms with Gasteiger partial charge in [0, 0.05) is 11.3 Å². The molecular formula is C18H10Cl3FN2O2S. The molecular weight excluding hydrogens is 434 g/mol. The summed E-state index contributed by atoms with van der Waals surface area (Å²) in [5, 5.41) is 5.83. The Morgan fingerprint density at radius 1 is 1.04 bits per heavy atom. The number of nitrogens with one attached hydrogen (secondary N) is 2. The average molecular weight is 444 g/mol. The lowest BCUT2D eigenvalue weighted by Gasteiger charge is -2.09. The van der Waals surface area contributed by atoms with Gasteiger partial charge in [0.1, 0.15) is 11.6 Å². The lowest BCUT2D eigenvalue weighted by atomic mass is 10.2. The molecule has 9 heteroatoms. The van der Waals surface area contributed by atoms with Gasteiger partial charge < -0.3 is 9.73 Å². The number of furan rings is 1. The van der Waals surface area contributed by atoms with Gasteiger partial charge in [-0.3, -0.25) is 10.1 Å². The first-order valence-corrected chi connectivity index (χ1v) is 9.01. The summed E-state index contributed by atoms with van der Waals surface area (Å²) < 4.78 is 18.7. The topological polar surface area (TPSA) is 54.3 Å². The fraction of sp³-hybridized carbons (Fsp3) is 0. The van der Waals surface area contributed by atoms with E-state index in [0.717, 1.165) is 0 Å². The summed E-state index contributed by atoms with van der Waals surface area (Å²) >= 11 is 22.9. The smallest absolute Gasteiger partial charge is 0.293 e. The van der Waals surface area contributed by atoms with Crippen LogP contribution in [0.1, 0.15) is 10.6 Å². The molecule has 0 saturated carbocycles. The van der Waals surface area contributed by atoms with Gasteiger partial charge in [-0.2, -0.15) is 0 Å². The first-order valence-electron chi connectivity index (χ1n) is 7.47.